The zero-order chi connectivity index (χ0) is 9.78. The van der Waals surface area contributed by atoms with Crippen molar-refractivity contribution in [2.75, 3.05) is 6.61 Å². The molecule has 5 nitrogen and oxygen atoms in total. The first-order valence-electron chi connectivity index (χ1n) is 3.34. The highest BCUT2D eigenvalue weighted by Crippen LogP contribution is 2.30. The fraction of sp³-hybridized carbons (Fsp3) is 0.833. The second-order valence-corrected chi connectivity index (χ2v) is 3.86. The van der Waals surface area contributed by atoms with Gasteiger partial charge < -0.3 is 24.2 Å². The van der Waals surface area contributed by atoms with Crippen molar-refractivity contribution in [2.24, 2.45) is 5.41 Å². The van der Waals surface area contributed by atoms with E-state index in [4.69, 9.17) is 14.9 Å². The molecule has 0 rings (SSSR count). The van der Waals surface area contributed by atoms with E-state index in [-0.39, 0.29) is 6.61 Å². The topological polar surface area (TPSA) is 87.0 Å². The van der Waals surface area contributed by atoms with E-state index in [1.54, 1.807) is 13.8 Å². The molecule has 0 aliphatic rings. The van der Waals surface area contributed by atoms with E-state index < -0.39 is 20.1 Å². The Morgan fingerprint density at radius 2 is 2.08 bits per heavy atom. The van der Waals surface area contributed by atoms with Crippen LogP contribution in [0.5, 0.6) is 0 Å². The Labute approximate surface area is 72.0 Å². The van der Waals surface area contributed by atoms with Gasteiger partial charge in [0.1, 0.15) is 12.4 Å². The minimum atomic E-state index is -2.42. The Morgan fingerprint density at radius 1 is 1.58 bits per heavy atom. The summed E-state index contributed by atoms with van der Waals surface area (Å²) < 4.78 is 4.49. The molecule has 0 heterocycles. The minimum Gasteiger partial charge on any atom is -0.385 e. The fourth-order valence-electron chi connectivity index (χ4n) is 0.494. The molecule has 1 atom stereocenters. The Balaban J connectivity index is 3.94. The lowest BCUT2D eigenvalue weighted by Gasteiger charge is -2.26. The monoisotopic (exact) mass is 196 g/mol. The van der Waals surface area contributed by atoms with Crippen LogP contribution in [0.15, 0.2) is 0 Å². The van der Waals surface area contributed by atoms with E-state index in [0.717, 1.165) is 0 Å². The molecule has 6 heteroatoms. The summed E-state index contributed by atoms with van der Waals surface area (Å²) >= 11 is 0. The first-order chi connectivity index (χ1) is 5.40. The molecule has 0 radical (unpaired) electrons. The van der Waals surface area contributed by atoms with Crippen LogP contribution in [0.1, 0.15) is 13.8 Å². The van der Waals surface area contributed by atoms with Crippen molar-refractivity contribution in [3.8, 4) is 0 Å². The highest BCUT2D eigenvalue weighted by Gasteiger charge is 2.28. The molecule has 0 aromatic heterocycles. The first-order valence-corrected chi connectivity index (χ1v) is 4.51. The molecule has 0 aromatic rings. The van der Waals surface area contributed by atoms with Crippen LogP contribution in [0.25, 0.3) is 0 Å². The maximum absolute atomic E-state index is 10.2. The Hall–Kier alpha value is -0.0600. The van der Waals surface area contributed by atoms with Gasteiger partial charge in [0.05, 0.1) is 6.61 Å². The number of hydrogen-bond donors (Lipinski definition) is 3. The van der Waals surface area contributed by atoms with E-state index in [1.165, 1.54) is 0 Å². The highest BCUT2D eigenvalue weighted by molar-refractivity contribution is 7.39. The van der Waals surface area contributed by atoms with Crippen LogP contribution in [0.4, 0.5) is 0 Å². The molecule has 0 aliphatic heterocycles. The molecule has 0 aliphatic carbocycles. The number of hydrogen-bond acceptors (Lipinski definition) is 5. The molecular formula is C6H13O5P. The normalized spacial score (nSPS) is 14.8. The Morgan fingerprint density at radius 3 is 2.42 bits per heavy atom. The van der Waals surface area contributed by atoms with Crippen molar-refractivity contribution in [2.45, 2.75) is 20.0 Å². The van der Waals surface area contributed by atoms with Gasteiger partial charge in [0.25, 0.3) is 0 Å². The average Bonchev–Trinajstić information content (AvgIpc) is 1.99. The maximum Gasteiger partial charge on any atom is 0.327 e. The number of aliphatic hydroxyl groups excluding tert-OH is 1. The van der Waals surface area contributed by atoms with E-state index in [2.05, 4.69) is 4.52 Å². The van der Waals surface area contributed by atoms with Gasteiger partial charge in [-0.05, 0) is 0 Å². The maximum atomic E-state index is 10.2. The van der Waals surface area contributed by atoms with Crippen LogP contribution in [-0.2, 0) is 9.32 Å². The minimum absolute atomic E-state index is 0.0778. The van der Waals surface area contributed by atoms with Gasteiger partial charge in [-0.1, -0.05) is 13.8 Å². The van der Waals surface area contributed by atoms with Crippen LogP contribution >= 0.6 is 8.60 Å². The largest absolute Gasteiger partial charge is 0.385 e. The first kappa shape index (κ1) is 11.9. The predicted molar refractivity (Wildman–Crippen MR) is 43.2 cm³/mol. The van der Waals surface area contributed by atoms with Gasteiger partial charge in [-0.2, -0.15) is 0 Å². The molecule has 0 saturated carbocycles. The quantitative estimate of drug-likeness (QED) is 0.418. The summed E-state index contributed by atoms with van der Waals surface area (Å²) in [4.78, 5) is 27.0. The zero-order valence-electron chi connectivity index (χ0n) is 6.97. The lowest BCUT2D eigenvalue weighted by molar-refractivity contribution is -0.121. The molecule has 0 bridgehead atoms. The summed E-state index contributed by atoms with van der Waals surface area (Å²) in [5.41, 5.74) is -0.798. The third-order valence-electron chi connectivity index (χ3n) is 1.48. The molecule has 0 fully saturated rings. The van der Waals surface area contributed by atoms with Crippen molar-refractivity contribution in [3.05, 3.63) is 0 Å². The Bertz CT molecular complexity index is 147. The summed E-state index contributed by atoms with van der Waals surface area (Å²) in [5.74, 6) is 0. The SMILES string of the molecule is CC(C)(COP(O)O)C(O)C=O. The molecule has 0 spiro atoms. The fourth-order valence-corrected chi connectivity index (χ4v) is 0.942. The van der Waals surface area contributed by atoms with Crippen LogP contribution in [0.2, 0.25) is 0 Å². The summed E-state index contributed by atoms with van der Waals surface area (Å²) in [6.45, 7) is 3.10. The van der Waals surface area contributed by atoms with Crippen molar-refractivity contribution in [1.82, 2.24) is 0 Å². The van der Waals surface area contributed by atoms with Crippen molar-refractivity contribution in [3.63, 3.8) is 0 Å². The van der Waals surface area contributed by atoms with E-state index in [1.807, 2.05) is 0 Å². The van der Waals surface area contributed by atoms with Crippen LogP contribution < -0.4 is 0 Å². The number of rotatable bonds is 5. The van der Waals surface area contributed by atoms with Gasteiger partial charge in [0.15, 0.2) is 0 Å². The number of aldehydes is 1. The van der Waals surface area contributed by atoms with Crippen molar-refractivity contribution >= 4 is 14.9 Å². The molecule has 0 aromatic carbocycles. The van der Waals surface area contributed by atoms with E-state index in [9.17, 15) is 4.79 Å². The Kier molecular flexibility index (Phi) is 4.82. The zero-order valence-corrected chi connectivity index (χ0v) is 7.86. The molecule has 1 unspecified atom stereocenters. The molecular weight excluding hydrogens is 183 g/mol. The van der Waals surface area contributed by atoms with Gasteiger partial charge in [0.2, 0.25) is 0 Å². The van der Waals surface area contributed by atoms with Crippen LogP contribution in [0.3, 0.4) is 0 Å². The van der Waals surface area contributed by atoms with Crippen LogP contribution in [-0.4, -0.2) is 33.9 Å². The smallest absolute Gasteiger partial charge is 0.327 e. The summed E-state index contributed by atoms with van der Waals surface area (Å²) in [5, 5.41) is 9.09. The van der Waals surface area contributed by atoms with Crippen molar-refractivity contribution < 1.29 is 24.2 Å². The second-order valence-electron chi connectivity index (χ2n) is 3.10. The van der Waals surface area contributed by atoms with E-state index >= 15 is 0 Å². The molecule has 0 amide bonds. The summed E-state index contributed by atoms with van der Waals surface area (Å²) in [6.07, 6.45) is -0.771. The van der Waals surface area contributed by atoms with Crippen molar-refractivity contribution in [1.29, 1.82) is 0 Å². The van der Waals surface area contributed by atoms with Gasteiger partial charge in [-0.25, -0.2) is 0 Å². The number of carbonyl (C=O) groups is 1. The number of aliphatic hydroxyl groups is 1. The average molecular weight is 196 g/mol. The predicted octanol–water partition coefficient (Wildman–Crippen LogP) is -0.200. The number of carbonyl (C=O) groups excluding carboxylic acids is 1. The molecule has 12 heavy (non-hydrogen) atoms. The summed E-state index contributed by atoms with van der Waals surface area (Å²) in [6, 6.07) is 0. The second kappa shape index (κ2) is 4.84. The highest BCUT2D eigenvalue weighted by atomic mass is 31.2. The van der Waals surface area contributed by atoms with Gasteiger partial charge in [-0.3, -0.25) is 0 Å². The lowest BCUT2D eigenvalue weighted by atomic mass is 9.88. The lowest BCUT2D eigenvalue weighted by Crippen LogP contribution is -2.34. The van der Waals surface area contributed by atoms with Gasteiger partial charge >= 0.3 is 8.60 Å². The molecule has 0 saturated heterocycles. The van der Waals surface area contributed by atoms with E-state index in [0.29, 0.717) is 6.29 Å². The van der Waals surface area contributed by atoms with Gasteiger partial charge in [0, 0.05) is 5.41 Å². The third-order valence-corrected chi connectivity index (χ3v) is 1.84. The van der Waals surface area contributed by atoms with Gasteiger partial charge in [-0.15, -0.1) is 0 Å². The standard InChI is InChI=1S/C6H13O5P/c1-6(2,5(8)3-7)4-11-12(9)10/h3,5,8-10H,4H2,1-2H3. The molecule has 72 valence electrons. The molecule has 3 N–H and O–H groups in total. The van der Waals surface area contributed by atoms with Crippen LogP contribution in [0, 0.1) is 5.41 Å². The third kappa shape index (κ3) is 4.09. The summed E-state index contributed by atoms with van der Waals surface area (Å²) in [7, 11) is -2.42.